The highest BCUT2D eigenvalue weighted by molar-refractivity contribution is 5.95. The normalized spacial score (nSPS) is 31.1. The van der Waals surface area contributed by atoms with Gasteiger partial charge in [0.15, 0.2) is 5.78 Å². The summed E-state index contributed by atoms with van der Waals surface area (Å²) in [7, 11) is 0. The van der Waals surface area contributed by atoms with Gasteiger partial charge < -0.3 is 5.11 Å². The Morgan fingerprint density at radius 1 is 1.39 bits per heavy atom. The summed E-state index contributed by atoms with van der Waals surface area (Å²) < 4.78 is 0. The lowest BCUT2D eigenvalue weighted by Gasteiger charge is -2.37. The Morgan fingerprint density at radius 2 is 2.06 bits per heavy atom. The Morgan fingerprint density at radius 3 is 2.61 bits per heavy atom. The van der Waals surface area contributed by atoms with Crippen LogP contribution >= 0.6 is 0 Å². The highest BCUT2D eigenvalue weighted by Crippen LogP contribution is 2.53. The van der Waals surface area contributed by atoms with Crippen LogP contribution in [0.1, 0.15) is 46.0 Å². The number of carboxylic acids is 1. The first kappa shape index (κ1) is 13.1. The van der Waals surface area contributed by atoms with Gasteiger partial charge in [0, 0.05) is 5.57 Å². The van der Waals surface area contributed by atoms with Crippen molar-refractivity contribution in [2.75, 3.05) is 0 Å². The van der Waals surface area contributed by atoms with Crippen molar-refractivity contribution >= 4 is 11.8 Å². The van der Waals surface area contributed by atoms with E-state index in [1.807, 2.05) is 0 Å². The van der Waals surface area contributed by atoms with Crippen LogP contribution < -0.4 is 0 Å². The van der Waals surface area contributed by atoms with Gasteiger partial charge in [-0.3, -0.25) is 4.79 Å². The molecule has 98 valence electrons. The number of carbonyl (C=O) groups excluding carboxylic acids is 1. The monoisotopic (exact) mass is 248 g/mol. The lowest BCUT2D eigenvalue weighted by molar-refractivity contribution is -0.133. The fourth-order valence-electron chi connectivity index (χ4n) is 3.41. The minimum Gasteiger partial charge on any atom is -0.478 e. The topological polar surface area (TPSA) is 54.4 Å². The van der Waals surface area contributed by atoms with Crippen molar-refractivity contribution in [2.24, 2.45) is 11.3 Å². The van der Waals surface area contributed by atoms with Gasteiger partial charge in [0.25, 0.3) is 0 Å². The number of carbonyl (C=O) groups is 2. The van der Waals surface area contributed by atoms with Crippen molar-refractivity contribution in [3.63, 3.8) is 0 Å². The fourth-order valence-corrected chi connectivity index (χ4v) is 3.41. The zero-order valence-corrected chi connectivity index (χ0v) is 11.1. The molecule has 0 aromatic rings. The summed E-state index contributed by atoms with van der Waals surface area (Å²) >= 11 is 0. The zero-order chi connectivity index (χ0) is 13.5. The van der Waals surface area contributed by atoms with Gasteiger partial charge in [0.1, 0.15) is 0 Å². The first-order valence-corrected chi connectivity index (χ1v) is 6.50. The Balaban J connectivity index is 2.29. The molecule has 2 aliphatic carbocycles. The van der Waals surface area contributed by atoms with Crippen molar-refractivity contribution in [1.29, 1.82) is 0 Å². The zero-order valence-electron chi connectivity index (χ0n) is 11.1. The minimum atomic E-state index is -0.911. The number of rotatable bonds is 3. The van der Waals surface area contributed by atoms with E-state index in [-0.39, 0.29) is 17.1 Å². The van der Waals surface area contributed by atoms with Gasteiger partial charge in [0.2, 0.25) is 0 Å². The van der Waals surface area contributed by atoms with Crippen molar-refractivity contribution in [3.8, 4) is 0 Å². The van der Waals surface area contributed by atoms with Crippen LogP contribution in [0.2, 0.25) is 0 Å². The van der Waals surface area contributed by atoms with E-state index < -0.39 is 5.97 Å². The fraction of sp³-hybridized carbons (Fsp3) is 0.600. The summed E-state index contributed by atoms with van der Waals surface area (Å²) in [4.78, 5) is 22.7. The molecule has 2 unspecified atom stereocenters. The standard InChI is InChI=1S/C15H20O3/c1-9(14(17)18)11-4-6-15(3)7-5-12(10(2)16)13(15)8-11/h11H,1,4-8H2,2-3H3,(H,17,18). The second-order valence-corrected chi connectivity index (χ2v) is 5.84. The van der Waals surface area contributed by atoms with Crippen LogP contribution in [0.5, 0.6) is 0 Å². The van der Waals surface area contributed by atoms with Gasteiger partial charge in [-0.1, -0.05) is 19.1 Å². The molecule has 1 N–H and O–H groups in total. The molecular weight excluding hydrogens is 228 g/mol. The van der Waals surface area contributed by atoms with Gasteiger partial charge in [-0.05, 0) is 55.9 Å². The lowest BCUT2D eigenvalue weighted by Crippen LogP contribution is -2.27. The molecule has 1 fully saturated rings. The molecule has 3 heteroatoms. The molecular formula is C15H20O3. The third-order valence-corrected chi connectivity index (χ3v) is 4.71. The van der Waals surface area contributed by atoms with Gasteiger partial charge in [-0.25, -0.2) is 4.79 Å². The average molecular weight is 248 g/mol. The minimum absolute atomic E-state index is 0.00183. The lowest BCUT2D eigenvalue weighted by atomic mass is 9.67. The number of Topliss-reactive ketones (excluding diaryl/α,β-unsaturated/α-hetero) is 1. The summed E-state index contributed by atoms with van der Waals surface area (Å²) in [6.07, 6.45) is 4.43. The van der Waals surface area contributed by atoms with E-state index in [1.165, 1.54) is 5.57 Å². The van der Waals surface area contributed by atoms with E-state index in [0.29, 0.717) is 12.0 Å². The van der Waals surface area contributed by atoms with Crippen molar-refractivity contribution in [2.45, 2.75) is 46.0 Å². The number of aliphatic carboxylic acids is 1. The maximum absolute atomic E-state index is 11.7. The number of hydrogen-bond donors (Lipinski definition) is 1. The first-order chi connectivity index (χ1) is 8.35. The van der Waals surface area contributed by atoms with Gasteiger partial charge in [-0.2, -0.15) is 0 Å². The molecule has 3 nitrogen and oxygen atoms in total. The molecule has 1 saturated carbocycles. The van der Waals surface area contributed by atoms with Crippen LogP contribution in [-0.2, 0) is 9.59 Å². The predicted molar refractivity (Wildman–Crippen MR) is 69.2 cm³/mol. The number of fused-ring (bicyclic) bond motifs is 1. The molecule has 2 aliphatic rings. The summed E-state index contributed by atoms with van der Waals surface area (Å²) in [6.45, 7) is 7.50. The SMILES string of the molecule is C=C(C(=O)O)C1CCC2(C)CCC(C(C)=O)=C2C1. The molecule has 0 aromatic heterocycles. The number of hydrogen-bond acceptors (Lipinski definition) is 2. The van der Waals surface area contributed by atoms with Crippen LogP contribution in [0, 0.1) is 11.3 Å². The van der Waals surface area contributed by atoms with Crippen molar-refractivity contribution in [1.82, 2.24) is 0 Å². The van der Waals surface area contributed by atoms with E-state index in [9.17, 15) is 9.59 Å². The molecule has 0 spiro atoms. The van der Waals surface area contributed by atoms with E-state index in [4.69, 9.17) is 5.11 Å². The number of ketones is 1. The summed E-state index contributed by atoms with van der Waals surface area (Å²) in [5.41, 5.74) is 2.56. The third-order valence-electron chi connectivity index (χ3n) is 4.71. The number of carboxylic acid groups (broad SMARTS) is 1. The number of allylic oxidation sites excluding steroid dienone is 2. The van der Waals surface area contributed by atoms with E-state index >= 15 is 0 Å². The maximum atomic E-state index is 11.7. The van der Waals surface area contributed by atoms with Crippen molar-refractivity contribution < 1.29 is 14.7 Å². The second-order valence-electron chi connectivity index (χ2n) is 5.84. The second kappa shape index (κ2) is 4.38. The van der Waals surface area contributed by atoms with Gasteiger partial charge >= 0.3 is 5.97 Å². The van der Waals surface area contributed by atoms with Gasteiger partial charge in [0.05, 0.1) is 0 Å². The summed E-state index contributed by atoms with van der Waals surface area (Å²) in [5, 5.41) is 9.03. The molecule has 0 saturated heterocycles. The van der Waals surface area contributed by atoms with Gasteiger partial charge in [-0.15, -0.1) is 0 Å². The largest absolute Gasteiger partial charge is 0.478 e. The smallest absolute Gasteiger partial charge is 0.331 e. The average Bonchev–Trinajstić information content (AvgIpc) is 2.64. The molecule has 0 bridgehead atoms. The Bertz CT molecular complexity index is 458. The molecule has 0 aliphatic heterocycles. The first-order valence-electron chi connectivity index (χ1n) is 6.50. The van der Waals surface area contributed by atoms with Crippen LogP contribution in [0.15, 0.2) is 23.3 Å². The highest BCUT2D eigenvalue weighted by atomic mass is 16.4. The molecule has 2 atom stereocenters. The quantitative estimate of drug-likeness (QED) is 0.781. The third kappa shape index (κ3) is 2.02. The predicted octanol–water partition coefficient (Wildman–Crippen LogP) is 3.11. The summed E-state index contributed by atoms with van der Waals surface area (Å²) in [5.74, 6) is -0.764. The maximum Gasteiger partial charge on any atom is 0.331 e. The van der Waals surface area contributed by atoms with Crippen molar-refractivity contribution in [3.05, 3.63) is 23.3 Å². The van der Waals surface area contributed by atoms with E-state index in [2.05, 4.69) is 13.5 Å². The van der Waals surface area contributed by atoms with Crippen LogP contribution in [0.4, 0.5) is 0 Å². The van der Waals surface area contributed by atoms with Crippen LogP contribution in [0.25, 0.3) is 0 Å². The molecule has 0 heterocycles. The molecule has 2 rings (SSSR count). The highest BCUT2D eigenvalue weighted by Gasteiger charge is 2.42. The van der Waals surface area contributed by atoms with Crippen LogP contribution in [0.3, 0.4) is 0 Å². The Labute approximate surface area is 108 Å². The Hall–Kier alpha value is -1.38. The molecule has 0 amide bonds. The Kier molecular flexibility index (Phi) is 3.18. The molecule has 18 heavy (non-hydrogen) atoms. The molecule has 0 radical (unpaired) electrons. The molecule has 0 aromatic carbocycles. The summed E-state index contributed by atoms with van der Waals surface area (Å²) in [6, 6.07) is 0. The van der Waals surface area contributed by atoms with E-state index in [0.717, 1.165) is 31.3 Å². The van der Waals surface area contributed by atoms with Crippen LogP contribution in [-0.4, -0.2) is 16.9 Å². The van der Waals surface area contributed by atoms with E-state index in [1.54, 1.807) is 6.92 Å².